The van der Waals surface area contributed by atoms with E-state index in [9.17, 15) is 0 Å². The molecule has 0 radical (unpaired) electrons. The fraction of sp³-hybridized carbons (Fsp3) is 0.138. The first kappa shape index (κ1) is 36.2. The van der Waals surface area contributed by atoms with Gasteiger partial charge in [-0.15, -0.1) is 0 Å². The molecule has 2 heteroatoms. The molecule has 1 saturated carbocycles. The second-order valence-corrected chi connectivity index (χ2v) is 17.0. The summed E-state index contributed by atoms with van der Waals surface area (Å²) < 4.78 is 2.39. The Morgan fingerprint density at radius 3 is 2.02 bits per heavy atom. The second kappa shape index (κ2) is 14.4. The van der Waals surface area contributed by atoms with Gasteiger partial charge in [-0.3, -0.25) is 0 Å². The average Bonchev–Trinajstić information content (AvgIpc) is 3.81. The zero-order valence-corrected chi connectivity index (χ0v) is 34.4. The summed E-state index contributed by atoms with van der Waals surface area (Å²) in [5, 5.41) is 2.46. The number of allylic oxidation sites excluding steroid dienone is 1. The van der Waals surface area contributed by atoms with Crippen molar-refractivity contribution in [3.8, 4) is 39.1 Å². The molecule has 11 rings (SSSR count). The number of hydrogen-bond donors (Lipinski definition) is 0. The molecular weight excluding hydrogens is 725 g/mol. The lowest BCUT2D eigenvalue weighted by molar-refractivity contribution is 0.248. The topological polar surface area (TPSA) is 8.17 Å². The van der Waals surface area contributed by atoms with Gasteiger partial charge in [0.05, 0.1) is 16.7 Å². The largest absolute Gasteiger partial charge is 0.310 e. The van der Waals surface area contributed by atoms with Gasteiger partial charge in [0.25, 0.3) is 0 Å². The molecule has 290 valence electrons. The fourth-order valence-electron chi connectivity index (χ4n) is 11.2. The van der Waals surface area contributed by atoms with Gasteiger partial charge in [0.1, 0.15) is 0 Å². The highest BCUT2D eigenvalue weighted by molar-refractivity contribution is 6.16. The zero-order chi connectivity index (χ0) is 40.4. The molecule has 2 aliphatic carbocycles. The number of benzene rings is 8. The summed E-state index contributed by atoms with van der Waals surface area (Å²) in [6, 6.07) is 71.4. The molecule has 0 bridgehead atoms. The Balaban J connectivity index is 1.01. The van der Waals surface area contributed by atoms with Crippen molar-refractivity contribution in [1.82, 2.24) is 4.57 Å². The normalized spacial score (nSPS) is 18.2. The highest BCUT2D eigenvalue weighted by Gasteiger charge is 2.52. The Labute approximate surface area is 353 Å². The lowest BCUT2D eigenvalue weighted by Crippen LogP contribution is -2.40. The summed E-state index contributed by atoms with van der Waals surface area (Å²) in [7, 11) is 0. The SMILES string of the molecule is C=C1CC(CC)CC(C)C12c1ccccc1-c1c(-c3cccc(-c4ccc(N(c5ccccc5)c5cccc6c5c5ccccc5n6-c5ccccc5)cc4)c3)cccc12. The number of aromatic nitrogens is 1. The molecule has 0 saturated heterocycles. The first-order valence-electron chi connectivity index (χ1n) is 21.6. The summed E-state index contributed by atoms with van der Waals surface area (Å²) in [5.74, 6) is 1.19. The van der Waals surface area contributed by atoms with Crippen molar-refractivity contribution in [3.63, 3.8) is 0 Å². The van der Waals surface area contributed by atoms with E-state index in [0.29, 0.717) is 11.8 Å². The molecular formula is C58H48N2. The quantitative estimate of drug-likeness (QED) is 0.147. The Hall–Kier alpha value is -6.90. The number of nitrogens with zero attached hydrogens (tertiary/aromatic N) is 2. The zero-order valence-electron chi connectivity index (χ0n) is 34.4. The highest BCUT2D eigenvalue weighted by atomic mass is 15.1. The summed E-state index contributed by atoms with van der Waals surface area (Å²) in [4.78, 5) is 2.41. The van der Waals surface area contributed by atoms with Gasteiger partial charge >= 0.3 is 0 Å². The molecule has 2 nitrogen and oxygen atoms in total. The maximum absolute atomic E-state index is 4.85. The van der Waals surface area contributed by atoms with E-state index in [2.05, 4.69) is 217 Å². The number of fused-ring (bicyclic) bond motifs is 8. The summed E-state index contributed by atoms with van der Waals surface area (Å²) in [6.07, 6.45) is 3.54. The number of para-hydroxylation sites is 3. The van der Waals surface area contributed by atoms with E-state index in [0.717, 1.165) is 29.2 Å². The molecule has 8 aromatic carbocycles. The van der Waals surface area contributed by atoms with Gasteiger partial charge in [0.2, 0.25) is 0 Å². The van der Waals surface area contributed by atoms with E-state index in [-0.39, 0.29) is 5.41 Å². The van der Waals surface area contributed by atoms with Crippen molar-refractivity contribution in [2.75, 3.05) is 4.90 Å². The maximum Gasteiger partial charge on any atom is 0.0562 e. The average molecular weight is 773 g/mol. The highest BCUT2D eigenvalue weighted by Crippen LogP contribution is 2.62. The number of rotatable bonds is 7. The van der Waals surface area contributed by atoms with Crippen LogP contribution in [0.2, 0.25) is 0 Å². The molecule has 0 amide bonds. The van der Waals surface area contributed by atoms with E-state index in [1.165, 1.54) is 84.7 Å². The van der Waals surface area contributed by atoms with Crippen molar-refractivity contribution in [2.24, 2.45) is 11.8 Å². The van der Waals surface area contributed by atoms with Crippen LogP contribution < -0.4 is 4.90 Å². The van der Waals surface area contributed by atoms with Gasteiger partial charge in [0, 0.05) is 33.2 Å². The van der Waals surface area contributed by atoms with Crippen molar-refractivity contribution in [3.05, 3.63) is 217 Å². The first-order chi connectivity index (χ1) is 29.6. The van der Waals surface area contributed by atoms with Gasteiger partial charge < -0.3 is 9.47 Å². The minimum atomic E-state index is -0.146. The summed E-state index contributed by atoms with van der Waals surface area (Å²) >= 11 is 0. The molecule has 1 heterocycles. The van der Waals surface area contributed by atoms with Crippen molar-refractivity contribution >= 4 is 38.9 Å². The lowest BCUT2D eigenvalue weighted by Gasteiger charge is -2.46. The molecule has 0 N–H and O–H groups in total. The van der Waals surface area contributed by atoms with Crippen molar-refractivity contribution in [2.45, 2.75) is 38.5 Å². The van der Waals surface area contributed by atoms with Crippen LogP contribution in [-0.4, -0.2) is 4.57 Å². The molecule has 1 fully saturated rings. The number of anilines is 3. The van der Waals surface area contributed by atoms with Crippen LogP contribution in [0.5, 0.6) is 0 Å². The Morgan fingerprint density at radius 2 is 1.22 bits per heavy atom. The maximum atomic E-state index is 4.85. The van der Waals surface area contributed by atoms with E-state index >= 15 is 0 Å². The molecule has 9 aromatic rings. The van der Waals surface area contributed by atoms with Crippen molar-refractivity contribution < 1.29 is 0 Å². The van der Waals surface area contributed by atoms with Crippen LogP contribution in [0.3, 0.4) is 0 Å². The molecule has 3 atom stereocenters. The monoisotopic (exact) mass is 772 g/mol. The first-order valence-corrected chi connectivity index (χ1v) is 21.6. The third kappa shape index (κ3) is 5.47. The van der Waals surface area contributed by atoms with Gasteiger partial charge in [-0.05, 0) is 130 Å². The smallest absolute Gasteiger partial charge is 0.0562 e. The van der Waals surface area contributed by atoms with Crippen LogP contribution in [-0.2, 0) is 5.41 Å². The minimum absolute atomic E-state index is 0.146. The Bertz CT molecular complexity index is 3060. The molecule has 1 aromatic heterocycles. The van der Waals surface area contributed by atoms with Gasteiger partial charge in [0.15, 0.2) is 0 Å². The Morgan fingerprint density at radius 1 is 0.583 bits per heavy atom. The van der Waals surface area contributed by atoms with E-state index in [1.807, 2.05) is 0 Å². The number of hydrogen-bond acceptors (Lipinski definition) is 1. The minimum Gasteiger partial charge on any atom is -0.310 e. The molecule has 0 aliphatic heterocycles. The summed E-state index contributed by atoms with van der Waals surface area (Å²) in [6.45, 7) is 9.66. The van der Waals surface area contributed by atoms with Crippen LogP contribution in [0, 0.1) is 11.8 Å². The molecule has 3 unspecified atom stereocenters. The van der Waals surface area contributed by atoms with E-state index in [4.69, 9.17) is 6.58 Å². The standard InChI is InChI=1S/C58H48N2/c1-4-41-36-39(2)58(40(3)37-41)51-27-13-11-24-49(51)56-48(26-16-28-52(56)58)44-19-15-18-43(38-44)42-32-34-47(35-33-42)59(45-20-7-5-8-21-45)54-30-17-31-55-57(54)50-25-12-14-29-53(50)60(55)46-22-9-6-10-23-46/h5-35,38,40-41H,2,4,36-37H2,1,3H3. The van der Waals surface area contributed by atoms with Gasteiger partial charge in [-0.1, -0.05) is 166 Å². The fourth-order valence-corrected chi connectivity index (χ4v) is 11.2. The molecule has 60 heavy (non-hydrogen) atoms. The molecule has 1 spiro atoms. The van der Waals surface area contributed by atoms with Gasteiger partial charge in [-0.25, -0.2) is 0 Å². The molecule has 2 aliphatic rings. The van der Waals surface area contributed by atoms with E-state index in [1.54, 1.807) is 0 Å². The van der Waals surface area contributed by atoms with Crippen LogP contribution in [0.4, 0.5) is 17.1 Å². The van der Waals surface area contributed by atoms with E-state index < -0.39 is 0 Å². The second-order valence-electron chi connectivity index (χ2n) is 17.0. The third-order valence-corrected chi connectivity index (χ3v) is 13.8. The third-order valence-electron chi connectivity index (χ3n) is 13.8. The predicted molar refractivity (Wildman–Crippen MR) is 254 cm³/mol. The van der Waals surface area contributed by atoms with Gasteiger partial charge in [-0.2, -0.15) is 0 Å². The predicted octanol–water partition coefficient (Wildman–Crippen LogP) is 15.9. The lowest BCUT2D eigenvalue weighted by atomic mass is 9.57. The van der Waals surface area contributed by atoms with Crippen LogP contribution >= 0.6 is 0 Å². The Kier molecular flexibility index (Phi) is 8.71. The van der Waals surface area contributed by atoms with Crippen molar-refractivity contribution in [1.29, 1.82) is 0 Å². The van der Waals surface area contributed by atoms with Crippen LogP contribution in [0.25, 0.3) is 60.9 Å². The van der Waals surface area contributed by atoms with Crippen LogP contribution in [0.1, 0.15) is 44.2 Å². The van der Waals surface area contributed by atoms with Crippen LogP contribution in [0.15, 0.2) is 206 Å². The summed E-state index contributed by atoms with van der Waals surface area (Å²) in [5.41, 5.74) is 18.7.